The van der Waals surface area contributed by atoms with Gasteiger partial charge in [0.25, 0.3) is 0 Å². The van der Waals surface area contributed by atoms with Gasteiger partial charge in [-0.2, -0.15) is 0 Å². The third-order valence-electron chi connectivity index (χ3n) is 6.46. The molecular formula is C26H36ClN3O5S. The Bertz CT molecular complexity index is 1070. The predicted molar refractivity (Wildman–Crippen MR) is 143 cm³/mol. The fourth-order valence-corrected chi connectivity index (χ4v) is 5.21. The molecule has 4 rings (SSSR count). The largest absolute Gasteiger partial charge is 0.457 e. The molecule has 36 heavy (non-hydrogen) atoms. The molecule has 0 radical (unpaired) electrons. The van der Waals surface area contributed by atoms with E-state index in [0.29, 0.717) is 17.2 Å². The zero-order valence-electron chi connectivity index (χ0n) is 20.6. The number of ether oxygens (including phenoxy) is 2. The number of benzene rings is 2. The van der Waals surface area contributed by atoms with Gasteiger partial charge in [0.15, 0.2) is 0 Å². The average Bonchev–Trinajstić information content (AvgIpc) is 2.82. The van der Waals surface area contributed by atoms with Crippen LogP contribution in [0.5, 0.6) is 11.5 Å². The van der Waals surface area contributed by atoms with Crippen LogP contribution in [0.15, 0.2) is 48.5 Å². The summed E-state index contributed by atoms with van der Waals surface area (Å²) in [5.41, 5.74) is 1.69. The van der Waals surface area contributed by atoms with E-state index in [0.717, 1.165) is 51.6 Å². The summed E-state index contributed by atoms with van der Waals surface area (Å²) in [6.45, 7) is 2.63. The van der Waals surface area contributed by atoms with Gasteiger partial charge in [-0.05, 0) is 67.6 Å². The van der Waals surface area contributed by atoms with E-state index in [-0.39, 0.29) is 30.6 Å². The smallest absolute Gasteiger partial charge is 0.407 e. The molecule has 2 fully saturated rings. The molecule has 198 valence electrons. The predicted octanol–water partition coefficient (Wildman–Crippen LogP) is 5.30. The van der Waals surface area contributed by atoms with E-state index < -0.39 is 10.0 Å². The number of carbonyl (C=O) groups is 1. The highest BCUT2D eigenvalue weighted by atomic mass is 35.5. The van der Waals surface area contributed by atoms with Crippen LogP contribution in [0.4, 0.5) is 10.5 Å². The summed E-state index contributed by atoms with van der Waals surface area (Å²) in [7, 11) is -3.30. The van der Waals surface area contributed by atoms with Crippen LogP contribution < -0.4 is 14.8 Å². The molecular weight excluding hydrogens is 502 g/mol. The molecule has 2 aliphatic rings. The molecule has 0 atom stereocenters. The molecule has 0 unspecified atom stereocenters. The summed E-state index contributed by atoms with van der Waals surface area (Å²) < 4.78 is 36.6. The maximum absolute atomic E-state index is 12.2. The zero-order valence-corrected chi connectivity index (χ0v) is 22.3. The molecule has 1 heterocycles. The minimum atomic E-state index is -3.30. The Hall–Kier alpha value is -2.49. The maximum atomic E-state index is 12.2. The topological polar surface area (TPSA) is 97.0 Å². The van der Waals surface area contributed by atoms with Crippen molar-refractivity contribution in [2.75, 3.05) is 24.1 Å². The molecule has 0 bridgehead atoms. The number of hydrogen-bond donors (Lipinski definition) is 2. The highest BCUT2D eigenvalue weighted by molar-refractivity contribution is 7.92. The number of likely N-dealkylation sites (tertiary alicyclic amines) is 1. The minimum absolute atomic E-state index is 0. The molecule has 1 aliphatic carbocycles. The first-order valence-corrected chi connectivity index (χ1v) is 14.3. The van der Waals surface area contributed by atoms with Gasteiger partial charge in [-0.25, -0.2) is 13.2 Å². The number of amides is 1. The van der Waals surface area contributed by atoms with Crippen LogP contribution in [0, 0.1) is 0 Å². The molecule has 0 aromatic heterocycles. The first-order chi connectivity index (χ1) is 16.8. The SMILES string of the molecule is CS(=O)(=O)Nc1ccc(Oc2ccc(CN3CCC(OC(=O)NC4CCCCC4)CC3)cc2)cc1.Cl. The molecule has 1 amide bonds. The number of piperidine rings is 1. The first-order valence-electron chi connectivity index (χ1n) is 12.4. The quantitative estimate of drug-likeness (QED) is 0.474. The Balaban J connectivity index is 0.00000361. The van der Waals surface area contributed by atoms with Crippen molar-refractivity contribution < 1.29 is 22.7 Å². The highest BCUT2D eigenvalue weighted by Gasteiger charge is 2.24. The number of halogens is 1. The Morgan fingerprint density at radius 1 is 0.917 bits per heavy atom. The molecule has 2 aromatic carbocycles. The Kier molecular flexibility index (Phi) is 10.3. The van der Waals surface area contributed by atoms with Crippen molar-refractivity contribution in [3.63, 3.8) is 0 Å². The monoisotopic (exact) mass is 537 g/mol. The van der Waals surface area contributed by atoms with E-state index in [1.54, 1.807) is 24.3 Å². The third-order valence-corrected chi connectivity index (χ3v) is 7.06. The fraction of sp³-hybridized carbons (Fsp3) is 0.500. The summed E-state index contributed by atoms with van der Waals surface area (Å²) in [6.07, 6.45) is 8.32. The van der Waals surface area contributed by atoms with Crippen LogP contribution >= 0.6 is 12.4 Å². The van der Waals surface area contributed by atoms with Crippen molar-refractivity contribution >= 4 is 34.2 Å². The summed E-state index contributed by atoms with van der Waals surface area (Å²) in [5.74, 6) is 1.35. The summed E-state index contributed by atoms with van der Waals surface area (Å²) in [4.78, 5) is 14.6. The van der Waals surface area contributed by atoms with Gasteiger partial charge in [-0.3, -0.25) is 9.62 Å². The lowest BCUT2D eigenvalue weighted by Crippen LogP contribution is -2.42. The number of nitrogens with zero attached hydrogens (tertiary/aromatic N) is 1. The van der Waals surface area contributed by atoms with Gasteiger partial charge in [0.2, 0.25) is 10.0 Å². The summed E-state index contributed by atoms with van der Waals surface area (Å²) >= 11 is 0. The zero-order chi connectivity index (χ0) is 24.7. The van der Waals surface area contributed by atoms with Crippen molar-refractivity contribution in [3.8, 4) is 11.5 Å². The first kappa shape index (κ1) is 28.1. The van der Waals surface area contributed by atoms with E-state index in [2.05, 4.69) is 27.1 Å². The van der Waals surface area contributed by atoms with E-state index in [9.17, 15) is 13.2 Å². The summed E-state index contributed by atoms with van der Waals surface area (Å²) in [5, 5.41) is 3.04. The number of carbonyl (C=O) groups excluding carboxylic acids is 1. The van der Waals surface area contributed by atoms with Crippen LogP contribution in [-0.2, 0) is 21.3 Å². The molecule has 8 nitrogen and oxygen atoms in total. The minimum Gasteiger partial charge on any atom is -0.457 e. The lowest BCUT2D eigenvalue weighted by molar-refractivity contribution is 0.0462. The number of nitrogens with one attached hydrogen (secondary N) is 2. The second kappa shape index (κ2) is 13.2. The number of anilines is 1. The maximum Gasteiger partial charge on any atom is 0.407 e. The lowest BCUT2D eigenvalue weighted by Gasteiger charge is -2.32. The lowest BCUT2D eigenvalue weighted by atomic mass is 9.96. The third kappa shape index (κ3) is 9.19. The van der Waals surface area contributed by atoms with Gasteiger partial charge in [0, 0.05) is 31.4 Å². The van der Waals surface area contributed by atoms with Crippen molar-refractivity contribution in [3.05, 3.63) is 54.1 Å². The van der Waals surface area contributed by atoms with Gasteiger partial charge in [-0.15, -0.1) is 12.4 Å². The Morgan fingerprint density at radius 3 is 2.08 bits per heavy atom. The second-order valence-electron chi connectivity index (χ2n) is 9.50. The molecule has 10 heteroatoms. The standard InChI is InChI=1S/C26H35N3O5S.ClH/c1-35(31,32)28-22-9-13-24(14-10-22)33-23-11-7-20(8-12-23)19-29-17-15-25(16-18-29)34-26(30)27-21-5-3-2-4-6-21;/h7-14,21,25,28H,2-6,15-19H2,1H3,(H,27,30);1H. The second-order valence-corrected chi connectivity index (χ2v) is 11.3. The van der Waals surface area contributed by atoms with Gasteiger partial charge >= 0.3 is 6.09 Å². The Morgan fingerprint density at radius 2 is 1.50 bits per heavy atom. The van der Waals surface area contributed by atoms with Crippen molar-refractivity contribution in [1.82, 2.24) is 10.2 Å². The summed E-state index contributed by atoms with van der Waals surface area (Å²) in [6, 6.07) is 15.0. The van der Waals surface area contributed by atoms with Crippen molar-refractivity contribution in [2.24, 2.45) is 0 Å². The van der Waals surface area contributed by atoms with E-state index in [1.807, 2.05) is 12.1 Å². The van der Waals surface area contributed by atoms with Gasteiger partial charge in [0.1, 0.15) is 17.6 Å². The van der Waals surface area contributed by atoms with Crippen LogP contribution in [0.3, 0.4) is 0 Å². The molecule has 2 N–H and O–H groups in total. The molecule has 1 saturated carbocycles. The van der Waals surface area contributed by atoms with Crippen LogP contribution in [-0.4, -0.2) is 50.9 Å². The fourth-order valence-electron chi connectivity index (χ4n) is 4.65. The van der Waals surface area contributed by atoms with Crippen molar-refractivity contribution in [1.29, 1.82) is 0 Å². The van der Waals surface area contributed by atoms with Gasteiger partial charge in [0.05, 0.1) is 6.26 Å². The normalized spacial score (nSPS) is 17.6. The van der Waals surface area contributed by atoms with Crippen LogP contribution in [0.2, 0.25) is 0 Å². The number of sulfonamides is 1. The van der Waals surface area contributed by atoms with Gasteiger partial charge in [-0.1, -0.05) is 31.4 Å². The van der Waals surface area contributed by atoms with Crippen molar-refractivity contribution in [2.45, 2.75) is 63.6 Å². The highest BCUT2D eigenvalue weighted by Crippen LogP contribution is 2.25. The van der Waals surface area contributed by atoms with E-state index >= 15 is 0 Å². The number of rotatable bonds is 8. The average molecular weight is 538 g/mol. The molecule has 0 spiro atoms. The van der Waals surface area contributed by atoms with Crippen LogP contribution in [0.1, 0.15) is 50.5 Å². The van der Waals surface area contributed by atoms with Gasteiger partial charge < -0.3 is 14.8 Å². The number of hydrogen-bond acceptors (Lipinski definition) is 6. The molecule has 1 aliphatic heterocycles. The van der Waals surface area contributed by atoms with E-state index in [1.165, 1.54) is 24.8 Å². The van der Waals surface area contributed by atoms with Crippen LogP contribution in [0.25, 0.3) is 0 Å². The molecule has 1 saturated heterocycles. The Labute approximate surface area is 220 Å². The number of alkyl carbamates (subject to hydrolysis) is 1. The van der Waals surface area contributed by atoms with E-state index in [4.69, 9.17) is 9.47 Å². The molecule has 2 aromatic rings.